The number of hydrogen-bond donors (Lipinski definition) is 0. The van der Waals surface area contributed by atoms with Gasteiger partial charge < -0.3 is 9.80 Å². The second kappa shape index (κ2) is 4.99. The van der Waals surface area contributed by atoms with Crippen molar-refractivity contribution >= 4 is 11.8 Å². The Morgan fingerprint density at radius 1 is 1.18 bits per heavy atom. The molecule has 89 valence electrons. The van der Waals surface area contributed by atoms with Gasteiger partial charge in [-0.3, -0.25) is 9.59 Å². The predicted molar refractivity (Wildman–Crippen MR) is 63.4 cm³/mol. The molecule has 1 aliphatic heterocycles. The molecule has 2 amide bonds. The van der Waals surface area contributed by atoms with Gasteiger partial charge in [-0.05, 0) is 18.2 Å². The van der Waals surface area contributed by atoms with E-state index in [2.05, 4.69) is 6.07 Å². The van der Waals surface area contributed by atoms with Gasteiger partial charge in [-0.2, -0.15) is 0 Å². The van der Waals surface area contributed by atoms with E-state index in [1.165, 1.54) is 0 Å². The van der Waals surface area contributed by atoms with Crippen molar-refractivity contribution in [1.82, 2.24) is 9.80 Å². The maximum absolute atomic E-state index is 12.1. The summed E-state index contributed by atoms with van der Waals surface area (Å²) >= 11 is 0. The Morgan fingerprint density at radius 2 is 1.82 bits per heavy atom. The zero-order chi connectivity index (χ0) is 12.3. The van der Waals surface area contributed by atoms with Gasteiger partial charge >= 0.3 is 0 Å². The molecular formula is C13H15N2O2. The summed E-state index contributed by atoms with van der Waals surface area (Å²) in [5, 5.41) is 0. The van der Waals surface area contributed by atoms with Crippen LogP contribution in [0.4, 0.5) is 0 Å². The fourth-order valence-corrected chi connectivity index (χ4v) is 1.93. The third kappa shape index (κ3) is 2.64. The van der Waals surface area contributed by atoms with Crippen LogP contribution in [0.25, 0.3) is 0 Å². The molecule has 4 heteroatoms. The van der Waals surface area contributed by atoms with Gasteiger partial charge in [0.25, 0.3) is 5.91 Å². The predicted octanol–water partition coefficient (Wildman–Crippen LogP) is 0.791. The minimum Gasteiger partial charge on any atom is -0.339 e. The molecule has 1 saturated heterocycles. The molecule has 1 radical (unpaired) electrons. The number of carbonyl (C=O) groups excluding carboxylic acids is 2. The van der Waals surface area contributed by atoms with Crippen molar-refractivity contribution in [3.63, 3.8) is 0 Å². The first kappa shape index (κ1) is 11.6. The minimum absolute atomic E-state index is 0.0186. The van der Waals surface area contributed by atoms with Crippen LogP contribution in [0.5, 0.6) is 0 Å². The summed E-state index contributed by atoms with van der Waals surface area (Å²) in [5.41, 5.74) is 0.656. The van der Waals surface area contributed by atoms with E-state index in [9.17, 15) is 9.59 Å². The second-order valence-electron chi connectivity index (χ2n) is 4.09. The molecule has 0 aliphatic carbocycles. The fourth-order valence-electron chi connectivity index (χ4n) is 1.93. The van der Waals surface area contributed by atoms with Gasteiger partial charge in [-0.25, -0.2) is 0 Å². The molecule has 1 aliphatic rings. The van der Waals surface area contributed by atoms with E-state index in [1.807, 2.05) is 0 Å². The first-order valence-electron chi connectivity index (χ1n) is 5.69. The van der Waals surface area contributed by atoms with E-state index in [4.69, 9.17) is 0 Å². The van der Waals surface area contributed by atoms with Crippen molar-refractivity contribution in [2.45, 2.75) is 6.92 Å². The molecule has 2 rings (SSSR count). The van der Waals surface area contributed by atoms with Crippen molar-refractivity contribution in [2.24, 2.45) is 0 Å². The van der Waals surface area contributed by atoms with Crippen molar-refractivity contribution in [3.05, 3.63) is 35.9 Å². The quantitative estimate of drug-likeness (QED) is 0.717. The molecule has 0 spiro atoms. The Morgan fingerprint density at radius 3 is 2.35 bits per heavy atom. The number of nitrogens with zero attached hydrogens (tertiary/aromatic N) is 2. The average molecular weight is 231 g/mol. The van der Waals surface area contributed by atoms with Crippen LogP contribution in [0.15, 0.2) is 24.3 Å². The van der Waals surface area contributed by atoms with Gasteiger partial charge in [0, 0.05) is 38.7 Å². The van der Waals surface area contributed by atoms with Crippen LogP contribution in [0.2, 0.25) is 0 Å². The number of benzene rings is 1. The highest BCUT2D eigenvalue weighted by Crippen LogP contribution is 2.08. The van der Waals surface area contributed by atoms with Gasteiger partial charge in [-0.1, -0.05) is 12.1 Å². The fraction of sp³-hybridized carbons (Fsp3) is 0.385. The topological polar surface area (TPSA) is 40.6 Å². The van der Waals surface area contributed by atoms with Crippen LogP contribution in [-0.2, 0) is 4.79 Å². The average Bonchev–Trinajstić information content (AvgIpc) is 2.39. The third-order valence-electron chi connectivity index (χ3n) is 2.97. The first-order chi connectivity index (χ1) is 8.18. The second-order valence-corrected chi connectivity index (χ2v) is 4.09. The molecule has 4 nitrogen and oxygen atoms in total. The smallest absolute Gasteiger partial charge is 0.253 e. The SMILES string of the molecule is CC(=O)N1CCN(C(=O)c2c[c]ccc2)CC1. The highest BCUT2D eigenvalue weighted by molar-refractivity contribution is 5.94. The molecular weight excluding hydrogens is 216 g/mol. The molecule has 0 bridgehead atoms. The molecule has 0 aromatic heterocycles. The number of amides is 2. The zero-order valence-corrected chi connectivity index (χ0v) is 9.85. The Labute approximate surface area is 101 Å². The van der Waals surface area contributed by atoms with Crippen molar-refractivity contribution in [1.29, 1.82) is 0 Å². The molecule has 1 heterocycles. The van der Waals surface area contributed by atoms with Gasteiger partial charge in [0.2, 0.25) is 5.91 Å². The number of carbonyl (C=O) groups is 2. The van der Waals surface area contributed by atoms with Crippen molar-refractivity contribution in [3.8, 4) is 0 Å². The summed E-state index contributed by atoms with van der Waals surface area (Å²) in [6.45, 7) is 4.01. The van der Waals surface area contributed by atoms with Crippen LogP contribution in [0, 0.1) is 6.07 Å². The van der Waals surface area contributed by atoms with Crippen LogP contribution in [0.1, 0.15) is 17.3 Å². The molecule has 0 atom stereocenters. The van der Waals surface area contributed by atoms with Gasteiger partial charge in [0.15, 0.2) is 0 Å². The Balaban J connectivity index is 1.98. The molecule has 1 aromatic carbocycles. The van der Waals surface area contributed by atoms with Crippen LogP contribution in [0.3, 0.4) is 0 Å². The van der Waals surface area contributed by atoms with Crippen molar-refractivity contribution in [2.75, 3.05) is 26.2 Å². The van der Waals surface area contributed by atoms with Gasteiger partial charge in [0.1, 0.15) is 0 Å². The van der Waals surface area contributed by atoms with E-state index >= 15 is 0 Å². The molecule has 1 aromatic rings. The maximum atomic E-state index is 12.1. The monoisotopic (exact) mass is 231 g/mol. The summed E-state index contributed by atoms with van der Waals surface area (Å²) < 4.78 is 0. The molecule has 17 heavy (non-hydrogen) atoms. The highest BCUT2D eigenvalue weighted by Gasteiger charge is 2.22. The lowest BCUT2D eigenvalue weighted by molar-refractivity contribution is -0.130. The summed E-state index contributed by atoms with van der Waals surface area (Å²) in [5.74, 6) is 0.0928. The lowest BCUT2D eigenvalue weighted by atomic mass is 10.2. The Bertz CT molecular complexity index is 409. The number of rotatable bonds is 1. The van der Waals surface area contributed by atoms with Crippen LogP contribution >= 0.6 is 0 Å². The summed E-state index contributed by atoms with van der Waals surface area (Å²) in [6, 6.07) is 9.95. The standard InChI is InChI=1S/C13H15N2O2/c1-11(16)14-7-9-15(10-8-14)13(17)12-5-3-2-4-6-12/h2-3,5-6H,7-10H2,1H3. The molecule has 0 saturated carbocycles. The third-order valence-corrected chi connectivity index (χ3v) is 2.97. The van der Waals surface area contributed by atoms with Gasteiger partial charge in [-0.15, -0.1) is 0 Å². The molecule has 0 N–H and O–H groups in total. The summed E-state index contributed by atoms with van der Waals surface area (Å²) in [4.78, 5) is 26.8. The highest BCUT2D eigenvalue weighted by atomic mass is 16.2. The van der Waals surface area contributed by atoms with Crippen LogP contribution < -0.4 is 0 Å². The van der Waals surface area contributed by atoms with E-state index in [0.29, 0.717) is 31.7 Å². The van der Waals surface area contributed by atoms with Crippen molar-refractivity contribution < 1.29 is 9.59 Å². The normalized spacial score (nSPS) is 15.8. The Hall–Kier alpha value is -1.84. The summed E-state index contributed by atoms with van der Waals surface area (Å²) in [7, 11) is 0. The van der Waals surface area contributed by atoms with Crippen LogP contribution in [-0.4, -0.2) is 47.8 Å². The lowest BCUT2D eigenvalue weighted by Crippen LogP contribution is -2.50. The molecule has 0 unspecified atom stereocenters. The van der Waals surface area contributed by atoms with E-state index in [0.717, 1.165) is 0 Å². The summed E-state index contributed by atoms with van der Waals surface area (Å²) in [6.07, 6.45) is 0. The maximum Gasteiger partial charge on any atom is 0.253 e. The molecule has 1 fully saturated rings. The number of piperazine rings is 1. The van der Waals surface area contributed by atoms with E-state index in [1.54, 1.807) is 41.0 Å². The Kier molecular flexibility index (Phi) is 3.42. The minimum atomic E-state index is 0.0186. The zero-order valence-electron chi connectivity index (χ0n) is 9.85. The van der Waals surface area contributed by atoms with E-state index < -0.39 is 0 Å². The van der Waals surface area contributed by atoms with E-state index in [-0.39, 0.29) is 11.8 Å². The first-order valence-corrected chi connectivity index (χ1v) is 5.69. The largest absolute Gasteiger partial charge is 0.339 e. The van der Waals surface area contributed by atoms with Gasteiger partial charge in [0.05, 0.1) is 0 Å². The number of hydrogen-bond acceptors (Lipinski definition) is 2. The lowest BCUT2D eigenvalue weighted by Gasteiger charge is -2.34.